The van der Waals surface area contributed by atoms with Crippen LogP contribution in [0.3, 0.4) is 0 Å². The van der Waals surface area contributed by atoms with Crippen molar-refractivity contribution in [2.45, 2.75) is 70.6 Å². The second kappa shape index (κ2) is 8.15. The Labute approximate surface area is 126 Å². The summed E-state index contributed by atoms with van der Waals surface area (Å²) in [6.45, 7) is 0. The zero-order valence-corrected chi connectivity index (χ0v) is 12.7. The Bertz CT molecular complexity index is 406. The Balaban J connectivity index is 2.06. The Morgan fingerprint density at radius 3 is 2.19 bits per heavy atom. The summed E-state index contributed by atoms with van der Waals surface area (Å²) in [5, 5.41) is 23.9. The van der Waals surface area contributed by atoms with E-state index in [-0.39, 0.29) is 22.2 Å². The molecule has 118 valence electrons. The first-order valence-corrected chi connectivity index (χ1v) is 8.28. The van der Waals surface area contributed by atoms with Crippen molar-refractivity contribution >= 4 is 5.71 Å². The van der Waals surface area contributed by atoms with E-state index in [2.05, 4.69) is 5.16 Å². The van der Waals surface area contributed by atoms with Gasteiger partial charge in [-0.15, -0.1) is 0 Å². The standard InChI is InChI=1S/C16H26N2O3/c19-17-15(11-13-7-3-1-4-8-13)16(18(20)21)12-14-9-5-2-6-10-14/h12-14,19H,1-11H2/b16-12+,17-15-. The first kappa shape index (κ1) is 16.0. The summed E-state index contributed by atoms with van der Waals surface area (Å²) in [6, 6.07) is 0. The first-order chi connectivity index (χ1) is 10.2. The maximum atomic E-state index is 11.4. The number of nitrogens with zero attached hydrogens (tertiary/aromatic N) is 2. The molecule has 0 spiro atoms. The predicted octanol–water partition coefficient (Wildman–Crippen LogP) is 4.53. The third-order valence-corrected chi connectivity index (χ3v) is 4.86. The van der Waals surface area contributed by atoms with Crippen molar-refractivity contribution in [1.82, 2.24) is 0 Å². The summed E-state index contributed by atoms with van der Waals surface area (Å²) in [6.07, 6.45) is 13.6. The van der Waals surface area contributed by atoms with Crippen LogP contribution in [0, 0.1) is 22.0 Å². The monoisotopic (exact) mass is 294 g/mol. The van der Waals surface area contributed by atoms with Crippen molar-refractivity contribution < 1.29 is 10.1 Å². The van der Waals surface area contributed by atoms with Crippen molar-refractivity contribution in [2.24, 2.45) is 17.0 Å². The molecule has 21 heavy (non-hydrogen) atoms. The topological polar surface area (TPSA) is 75.7 Å². The van der Waals surface area contributed by atoms with Gasteiger partial charge in [-0.05, 0) is 30.8 Å². The van der Waals surface area contributed by atoms with Gasteiger partial charge in [0.1, 0.15) is 0 Å². The molecule has 2 rings (SSSR count). The van der Waals surface area contributed by atoms with Gasteiger partial charge in [-0.25, -0.2) is 0 Å². The average molecular weight is 294 g/mol. The minimum Gasteiger partial charge on any atom is -0.410 e. The van der Waals surface area contributed by atoms with E-state index in [1.165, 1.54) is 25.7 Å². The van der Waals surface area contributed by atoms with E-state index in [4.69, 9.17) is 0 Å². The van der Waals surface area contributed by atoms with Gasteiger partial charge in [-0.3, -0.25) is 10.1 Å². The molecule has 0 aliphatic heterocycles. The third kappa shape index (κ3) is 4.83. The number of allylic oxidation sites excluding steroid dienone is 2. The van der Waals surface area contributed by atoms with Crippen LogP contribution >= 0.6 is 0 Å². The van der Waals surface area contributed by atoms with Gasteiger partial charge in [0.05, 0.1) is 4.92 Å². The van der Waals surface area contributed by atoms with Gasteiger partial charge in [0, 0.05) is 6.42 Å². The van der Waals surface area contributed by atoms with E-state index >= 15 is 0 Å². The molecule has 0 unspecified atom stereocenters. The van der Waals surface area contributed by atoms with E-state index in [1.807, 2.05) is 0 Å². The van der Waals surface area contributed by atoms with E-state index in [0.29, 0.717) is 12.3 Å². The van der Waals surface area contributed by atoms with Gasteiger partial charge in [0.2, 0.25) is 0 Å². The maximum Gasteiger partial charge on any atom is 0.290 e. The minimum atomic E-state index is -0.369. The second-order valence-electron chi connectivity index (χ2n) is 6.46. The first-order valence-electron chi connectivity index (χ1n) is 8.28. The molecule has 0 amide bonds. The Kier molecular flexibility index (Phi) is 6.21. The van der Waals surface area contributed by atoms with Gasteiger partial charge >= 0.3 is 0 Å². The second-order valence-corrected chi connectivity index (χ2v) is 6.46. The summed E-state index contributed by atoms with van der Waals surface area (Å²) in [5.74, 6) is 0.696. The Hall–Kier alpha value is -1.39. The van der Waals surface area contributed by atoms with Crippen LogP contribution in [0.5, 0.6) is 0 Å². The van der Waals surface area contributed by atoms with Crippen LogP contribution in [0.25, 0.3) is 0 Å². The van der Waals surface area contributed by atoms with Gasteiger partial charge < -0.3 is 5.21 Å². The van der Waals surface area contributed by atoms with Crippen LogP contribution < -0.4 is 0 Å². The molecule has 5 nitrogen and oxygen atoms in total. The summed E-state index contributed by atoms with van der Waals surface area (Å²) >= 11 is 0. The van der Waals surface area contributed by atoms with Crippen molar-refractivity contribution in [3.05, 3.63) is 21.9 Å². The van der Waals surface area contributed by atoms with Crippen molar-refractivity contribution in [1.29, 1.82) is 0 Å². The summed E-state index contributed by atoms with van der Waals surface area (Å²) in [5.41, 5.74) is 0.312. The highest BCUT2D eigenvalue weighted by Crippen LogP contribution is 2.30. The fourth-order valence-electron chi connectivity index (χ4n) is 3.65. The lowest BCUT2D eigenvalue weighted by Gasteiger charge is -2.21. The van der Waals surface area contributed by atoms with Crippen molar-refractivity contribution in [3.8, 4) is 0 Å². The van der Waals surface area contributed by atoms with Gasteiger partial charge in [-0.1, -0.05) is 56.5 Å². The highest BCUT2D eigenvalue weighted by atomic mass is 16.6. The minimum absolute atomic E-state index is 0.0370. The molecule has 2 aliphatic carbocycles. The molecule has 0 heterocycles. The van der Waals surface area contributed by atoms with Crippen LogP contribution in [-0.4, -0.2) is 15.8 Å². The number of oxime groups is 1. The van der Waals surface area contributed by atoms with E-state index < -0.39 is 0 Å². The molecule has 2 saturated carbocycles. The molecule has 0 aromatic heterocycles. The molecule has 0 aromatic carbocycles. The van der Waals surface area contributed by atoms with E-state index in [1.54, 1.807) is 6.08 Å². The summed E-state index contributed by atoms with van der Waals surface area (Å²) in [4.78, 5) is 11.0. The lowest BCUT2D eigenvalue weighted by atomic mass is 9.84. The highest BCUT2D eigenvalue weighted by Gasteiger charge is 2.26. The predicted molar refractivity (Wildman–Crippen MR) is 82.1 cm³/mol. The van der Waals surface area contributed by atoms with Crippen LogP contribution in [0.15, 0.2) is 16.9 Å². The SMILES string of the molecule is O=[N+]([O-])C(=C/C1CCCCC1)/C(CC1CCCCC1)=N\O. The molecular formula is C16H26N2O3. The number of rotatable bonds is 5. The molecule has 2 aliphatic rings. The zero-order chi connectivity index (χ0) is 15.1. The third-order valence-electron chi connectivity index (χ3n) is 4.86. The lowest BCUT2D eigenvalue weighted by Crippen LogP contribution is -2.19. The Morgan fingerprint density at radius 2 is 1.67 bits per heavy atom. The molecule has 0 atom stereocenters. The molecule has 2 fully saturated rings. The zero-order valence-electron chi connectivity index (χ0n) is 12.7. The fraction of sp³-hybridized carbons (Fsp3) is 0.812. The fourth-order valence-corrected chi connectivity index (χ4v) is 3.65. The molecular weight excluding hydrogens is 268 g/mol. The maximum absolute atomic E-state index is 11.4. The van der Waals surface area contributed by atoms with Gasteiger partial charge in [0.15, 0.2) is 5.71 Å². The Morgan fingerprint density at radius 1 is 1.10 bits per heavy atom. The molecule has 0 bridgehead atoms. The average Bonchev–Trinajstić information content (AvgIpc) is 2.52. The molecule has 0 saturated heterocycles. The summed E-state index contributed by atoms with van der Waals surface area (Å²) in [7, 11) is 0. The van der Waals surface area contributed by atoms with Gasteiger partial charge in [0.25, 0.3) is 5.70 Å². The smallest absolute Gasteiger partial charge is 0.290 e. The lowest BCUT2D eigenvalue weighted by molar-refractivity contribution is -0.416. The van der Waals surface area contributed by atoms with Gasteiger partial charge in [-0.2, -0.15) is 0 Å². The van der Waals surface area contributed by atoms with Crippen molar-refractivity contribution in [2.75, 3.05) is 0 Å². The quantitative estimate of drug-likeness (QED) is 0.350. The number of hydrogen-bond acceptors (Lipinski definition) is 4. The highest BCUT2D eigenvalue weighted by molar-refractivity contribution is 5.97. The molecule has 5 heteroatoms. The van der Waals surface area contributed by atoms with Crippen LogP contribution in [0.2, 0.25) is 0 Å². The molecule has 0 aromatic rings. The largest absolute Gasteiger partial charge is 0.410 e. The van der Waals surface area contributed by atoms with Crippen molar-refractivity contribution in [3.63, 3.8) is 0 Å². The molecule has 1 N–H and O–H groups in total. The van der Waals surface area contributed by atoms with Crippen LogP contribution in [0.1, 0.15) is 70.6 Å². The number of nitro groups is 1. The van der Waals surface area contributed by atoms with Crippen LogP contribution in [-0.2, 0) is 0 Å². The summed E-state index contributed by atoms with van der Waals surface area (Å²) < 4.78 is 0. The number of hydrogen-bond donors (Lipinski definition) is 1. The van der Waals surface area contributed by atoms with E-state index in [0.717, 1.165) is 38.5 Å². The molecule has 0 radical (unpaired) electrons. The van der Waals surface area contributed by atoms with Crippen LogP contribution in [0.4, 0.5) is 0 Å². The normalized spacial score (nSPS) is 23.2. The van der Waals surface area contributed by atoms with E-state index in [9.17, 15) is 15.3 Å².